The molecule has 0 aliphatic heterocycles. The fourth-order valence-electron chi connectivity index (χ4n) is 3.37. The van der Waals surface area contributed by atoms with E-state index in [0.717, 1.165) is 0 Å². The molecule has 3 aromatic rings. The van der Waals surface area contributed by atoms with Gasteiger partial charge in [-0.05, 0) is 75.4 Å². The molecule has 2 aromatic carbocycles. The number of nitrogens with one attached hydrogen (secondary N) is 1. The van der Waals surface area contributed by atoms with E-state index in [4.69, 9.17) is 21.1 Å². The van der Waals surface area contributed by atoms with E-state index >= 15 is 0 Å². The molecule has 0 spiro atoms. The summed E-state index contributed by atoms with van der Waals surface area (Å²) >= 11 is 6.02. The van der Waals surface area contributed by atoms with E-state index in [2.05, 4.69) is 20.7 Å². The third kappa shape index (κ3) is 6.48. The van der Waals surface area contributed by atoms with Crippen molar-refractivity contribution in [2.45, 2.75) is 45.8 Å². The van der Waals surface area contributed by atoms with E-state index in [1.807, 2.05) is 20.8 Å². The third-order valence-corrected chi connectivity index (χ3v) is 5.26. The first-order valence-electron chi connectivity index (χ1n) is 10.9. The van der Waals surface area contributed by atoms with E-state index < -0.39 is 11.6 Å². The Morgan fingerprint density at radius 1 is 1.09 bits per heavy atom. The van der Waals surface area contributed by atoms with Crippen molar-refractivity contribution in [1.29, 1.82) is 0 Å². The van der Waals surface area contributed by atoms with Crippen LogP contribution in [-0.2, 0) is 16.1 Å². The predicted octanol–water partition coefficient (Wildman–Crippen LogP) is 3.35. The summed E-state index contributed by atoms with van der Waals surface area (Å²) in [6.45, 7) is 7.07. The molecule has 0 saturated carbocycles. The van der Waals surface area contributed by atoms with Crippen LogP contribution in [0.4, 0.5) is 5.69 Å². The van der Waals surface area contributed by atoms with Crippen LogP contribution >= 0.6 is 11.6 Å². The Kier molecular flexibility index (Phi) is 7.96. The minimum absolute atomic E-state index is 0.226. The minimum Gasteiger partial charge on any atom is -0.493 e. The lowest BCUT2D eigenvalue weighted by Gasteiger charge is -2.31. The molecule has 1 heterocycles. The average Bonchev–Trinajstić information content (AvgIpc) is 3.27. The number of ether oxygens (including phenoxy) is 2. The van der Waals surface area contributed by atoms with Crippen LogP contribution in [0.3, 0.4) is 0 Å². The fourth-order valence-corrected chi connectivity index (χ4v) is 3.50. The number of methoxy groups -OCH3 is 2. The molecule has 0 bridgehead atoms. The van der Waals surface area contributed by atoms with Crippen LogP contribution in [0, 0.1) is 0 Å². The quantitative estimate of drug-likeness (QED) is 0.504. The summed E-state index contributed by atoms with van der Waals surface area (Å²) < 4.78 is 10.6. The maximum atomic E-state index is 13.4. The van der Waals surface area contributed by atoms with Crippen molar-refractivity contribution in [2.24, 2.45) is 0 Å². The van der Waals surface area contributed by atoms with Gasteiger partial charge in [-0.25, -0.2) is 0 Å². The highest BCUT2D eigenvalue weighted by Gasteiger charge is 2.30. The first-order chi connectivity index (χ1) is 16.5. The van der Waals surface area contributed by atoms with E-state index in [-0.39, 0.29) is 18.4 Å². The number of amides is 2. The van der Waals surface area contributed by atoms with E-state index in [9.17, 15) is 9.59 Å². The van der Waals surface area contributed by atoms with Crippen molar-refractivity contribution in [3.05, 3.63) is 47.5 Å². The second-order valence-corrected chi connectivity index (χ2v) is 9.31. The van der Waals surface area contributed by atoms with Gasteiger partial charge in [-0.3, -0.25) is 14.5 Å². The van der Waals surface area contributed by atoms with Crippen LogP contribution in [0.15, 0.2) is 42.5 Å². The Balaban J connectivity index is 1.86. The lowest BCUT2D eigenvalue weighted by Crippen LogP contribution is -2.53. The second-order valence-electron chi connectivity index (χ2n) is 8.87. The number of nitrogens with zero attached hydrogens (tertiary/aromatic N) is 5. The number of carbonyl (C=O) groups excluding carboxylic acids is 2. The zero-order valence-electron chi connectivity index (χ0n) is 20.6. The molecule has 11 heteroatoms. The Morgan fingerprint density at radius 3 is 2.34 bits per heavy atom. The fraction of sp³-hybridized carbons (Fsp3) is 0.375. The van der Waals surface area contributed by atoms with Gasteiger partial charge in [0.25, 0.3) is 5.91 Å². The Bertz CT molecular complexity index is 1190. The van der Waals surface area contributed by atoms with Crippen LogP contribution in [0.5, 0.6) is 11.5 Å². The zero-order chi connectivity index (χ0) is 25.8. The van der Waals surface area contributed by atoms with Gasteiger partial charge in [-0.1, -0.05) is 11.6 Å². The van der Waals surface area contributed by atoms with Gasteiger partial charge in [0, 0.05) is 21.8 Å². The summed E-state index contributed by atoms with van der Waals surface area (Å²) in [5.41, 5.74) is 0.715. The SMILES string of the molecule is COc1ccc(-c2nnn(CC(=O)N(c3ccc(Cl)cc3)[C@H](C)C(=O)NC(C)(C)C)n2)cc1OC. The largest absolute Gasteiger partial charge is 0.493 e. The topological polar surface area (TPSA) is 111 Å². The third-order valence-electron chi connectivity index (χ3n) is 5.01. The molecule has 1 N–H and O–H groups in total. The molecule has 1 atom stereocenters. The maximum Gasteiger partial charge on any atom is 0.251 e. The van der Waals surface area contributed by atoms with Crippen LogP contribution in [0.2, 0.25) is 5.02 Å². The van der Waals surface area contributed by atoms with Gasteiger partial charge in [0.05, 0.1) is 14.2 Å². The van der Waals surface area contributed by atoms with Gasteiger partial charge in [0.15, 0.2) is 11.5 Å². The molecule has 35 heavy (non-hydrogen) atoms. The summed E-state index contributed by atoms with van der Waals surface area (Å²) in [6, 6.07) is 11.1. The van der Waals surface area contributed by atoms with Gasteiger partial charge < -0.3 is 14.8 Å². The Morgan fingerprint density at radius 2 is 1.74 bits per heavy atom. The van der Waals surface area contributed by atoms with Crippen molar-refractivity contribution in [1.82, 2.24) is 25.5 Å². The first kappa shape index (κ1) is 26.0. The smallest absolute Gasteiger partial charge is 0.251 e. The second kappa shape index (κ2) is 10.7. The molecule has 0 saturated heterocycles. The lowest BCUT2D eigenvalue weighted by atomic mass is 10.1. The van der Waals surface area contributed by atoms with E-state index in [1.165, 1.54) is 16.8 Å². The average molecular weight is 501 g/mol. The van der Waals surface area contributed by atoms with Gasteiger partial charge in [0.1, 0.15) is 12.6 Å². The number of hydrogen-bond acceptors (Lipinski definition) is 7. The van der Waals surface area contributed by atoms with Crippen molar-refractivity contribution >= 4 is 29.1 Å². The Hall–Kier alpha value is -3.66. The summed E-state index contributed by atoms with van der Waals surface area (Å²) in [4.78, 5) is 28.9. The molecule has 0 aliphatic carbocycles. The molecule has 0 unspecified atom stereocenters. The van der Waals surface area contributed by atoms with Crippen molar-refractivity contribution in [2.75, 3.05) is 19.1 Å². The highest BCUT2D eigenvalue weighted by Crippen LogP contribution is 2.30. The molecule has 0 radical (unpaired) electrons. The standard InChI is InChI=1S/C24H29ClN6O4/c1-15(23(33)26-24(2,3)4)31(18-10-8-17(25)9-11-18)21(32)14-30-28-22(27-29-30)16-7-12-19(34-5)20(13-16)35-6/h7-13,15H,14H2,1-6H3,(H,26,33)/t15-/m1/s1. The van der Waals surface area contributed by atoms with Crippen LogP contribution < -0.4 is 19.7 Å². The van der Waals surface area contributed by atoms with E-state index in [1.54, 1.807) is 56.5 Å². The summed E-state index contributed by atoms with van der Waals surface area (Å²) in [7, 11) is 3.08. The highest BCUT2D eigenvalue weighted by atomic mass is 35.5. The van der Waals surface area contributed by atoms with Gasteiger partial charge >= 0.3 is 0 Å². The van der Waals surface area contributed by atoms with Crippen LogP contribution in [0.25, 0.3) is 11.4 Å². The van der Waals surface area contributed by atoms with Crippen molar-refractivity contribution in [3.8, 4) is 22.9 Å². The molecular weight excluding hydrogens is 472 g/mol. The molecule has 0 fully saturated rings. The first-order valence-corrected chi connectivity index (χ1v) is 11.3. The summed E-state index contributed by atoms with van der Waals surface area (Å²) in [6.07, 6.45) is 0. The van der Waals surface area contributed by atoms with Crippen LogP contribution in [0.1, 0.15) is 27.7 Å². The molecule has 1 aromatic heterocycles. The molecular formula is C24H29ClN6O4. The number of tetrazole rings is 1. The number of anilines is 1. The van der Waals surface area contributed by atoms with Crippen LogP contribution in [-0.4, -0.2) is 57.8 Å². The Labute approximate surface area is 209 Å². The monoisotopic (exact) mass is 500 g/mol. The van der Waals surface area contributed by atoms with Crippen molar-refractivity contribution < 1.29 is 19.1 Å². The van der Waals surface area contributed by atoms with Gasteiger partial charge in [0.2, 0.25) is 11.7 Å². The normalized spacial score (nSPS) is 12.1. The number of carbonyl (C=O) groups is 2. The number of benzene rings is 2. The minimum atomic E-state index is -0.795. The summed E-state index contributed by atoms with van der Waals surface area (Å²) in [5.74, 6) is 0.721. The number of aromatic nitrogens is 4. The number of rotatable bonds is 8. The van der Waals surface area contributed by atoms with Crippen molar-refractivity contribution in [3.63, 3.8) is 0 Å². The maximum absolute atomic E-state index is 13.4. The van der Waals surface area contributed by atoms with Gasteiger partial charge in [-0.2, -0.15) is 4.80 Å². The molecule has 0 aliphatic rings. The number of halogens is 1. The highest BCUT2D eigenvalue weighted by molar-refractivity contribution is 6.30. The lowest BCUT2D eigenvalue weighted by molar-refractivity contribution is -0.127. The molecule has 10 nitrogen and oxygen atoms in total. The molecule has 2 amide bonds. The van der Waals surface area contributed by atoms with E-state index in [0.29, 0.717) is 33.6 Å². The summed E-state index contributed by atoms with van der Waals surface area (Å²) in [5, 5.41) is 15.8. The number of hydrogen-bond donors (Lipinski definition) is 1. The predicted molar refractivity (Wildman–Crippen MR) is 133 cm³/mol. The molecule has 3 rings (SSSR count). The van der Waals surface area contributed by atoms with Gasteiger partial charge in [-0.15, -0.1) is 10.2 Å². The zero-order valence-corrected chi connectivity index (χ0v) is 21.3. The molecule has 186 valence electrons.